The Balaban J connectivity index is 1.52. The van der Waals surface area contributed by atoms with Crippen molar-refractivity contribution >= 4 is 34.2 Å². The predicted molar refractivity (Wildman–Crippen MR) is 90.4 cm³/mol. The van der Waals surface area contributed by atoms with Crippen LogP contribution in [0.15, 0.2) is 60.8 Å². The van der Waals surface area contributed by atoms with Gasteiger partial charge in [0.1, 0.15) is 0 Å². The van der Waals surface area contributed by atoms with Crippen molar-refractivity contribution < 1.29 is 4.79 Å². The van der Waals surface area contributed by atoms with E-state index >= 15 is 0 Å². The SMILES string of the molecule is O=C(NCCn1ccc2ccccc21)Nc1ccc(Cl)cc1. The third-order valence-electron chi connectivity index (χ3n) is 3.42. The number of halogens is 1. The summed E-state index contributed by atoms with van der Waals surface area (Å²) in [5.74, 6) is 0. The van der Waals surface area contributed by atoms with Gasteiger partial charge in [-0.25, -0.2) is 4.79 Å². The van der Waals surface area contributed by atoms with Crippen molar-refractivity contribution in [1.29, 1.82) is 0 Å². The first kappa shape index (κ1) is 14.5. The smallest absolute Gasteiger partial charge is 0.319 e. The van der Waals surface area contributed by atoms with E-state index < -0.39 is 0 Å². The number of hydrogen-bond acceptors (Lipinski definition) is 1. The fourth-order valence-corrected chi connectivity index (χ4v) is 2.46. The Hall–Kier alpha value is -2.46. The molecule has 0 saturated carbocycles. The lowest BCUT2D eigenvalue weighted by Gasteiger charge is -2.09. The summed E-state index contributed by atoms with van der Waals surface area (Å²) in [6.45, 7) is 1.28. The van der Waals surface area contributed by atoms with Crippen LogP contribution in [0.3, 0.4) is 0 Å². The second-order valence-corrected chi connectivity index (χ2v) is 5.39. The van der Waals surface area contributed by atoms with E-state index in [4.69, 9.17) is 11.6 Å². The highest BCUT2D eigenvalue weighted by Crippen LogP contribution is 2.15. The number of carbonyl (C=O) groups is 1. The number of hydrogen-bond donors (Lipinski definition) is 2. The van der Waals surface area contributed by atoms with Crippen LogP contribution in [0, 0.1) is 0 Å². The number of aromatic nitrogens is 1. The van der Waals surface area contributed by atoms with E-state index in [1.165, 1.54) is 10.9 Å². The lowest BCUT2D eigenvalue weighted by Crippen LogP contribution is -2.31. The minimum absolute atomic E-state index is 0.223. The van der Waals surface area contributed by atoms with Crippen LogP contribution in [0.1, 0.15) is 0 Å². The summed E-state index contributed by atoms with van der Waals surface area (Å²) in [4.78, 5) is 11.8. The summed E-state index contributed by atoms with van der Waals surface area (Å²) in [6, 6.07) is 17.0. The number of benzene rings is 2. The van der Waals surface area contributed by atoms with E-state index in [0.717, 1.165) is 6.54 Å². The van der Waals surface area contributed by atoms with Crippen molar-refractivity contribution in [3.8, 4) is 0 Å². The van der Waals surface area contributed by atoms with Crippen molar-refractivity contribution in [2.45, 2.75) is 6.54 Å². The summed E-state index contributed by atoms with van der Waals surface area (Å²) in [7, 11) is 0. The fraction of sp³-hybridized carbons (Fsp3) is 0.118. The quantitative estimate of drug-likeness (QED) is 0.748. The number of para-hydroxylation sites is 1. The van der Waals surface area contributed by atoms with Gasteiger partial charge in [-0.15, -0.1) is 0 Å². The van der Waals surface area contributed by atoms with Crippen LogP contribution in [0.4, 0.5) is 10.5 Å². The van der Waals surface area contributed by atoms with E-state index in [1.807, 2.05) is 18.3 Å². The number of amides is 2. The first-order valence-electron chi connectivity index (χ1n) is 7.07. The zero-order valence-electron chi connectivity index (χ0n) is 11.9. The van der Waals surface area contributed by atoms with E-state index in [0.29, 0.717) is 17.3 Å². The Morgan fingerprint density at radius 1 is 1.05 bits per heavy atom. The molecule has 0 atom stereocenters. The number of nitrogens with one attached hydrogen (secondary N) is 2. The van der Waals surface area contributed by atoms with Gasteiger partial charge < -0.3 is 15.2 Å². The molecule has 0 unspecified atom stereocenters. The molecule has 2 aromatic carbocycles. The topological polar surface area (TPSA) is 46.1 Å². The van der Waals surface area contributed by atoms with Crippen molar-refractivity contribution in [2.75, 3.05) is 11.9 Å². The molecule has 0 spiro atoms. The van der Waals surface area contributed by atoms with Gasteiger partial charge in [-0.05, 0) is 41.8 Å². The van der Waals surface area contributed by atoms with Gasteiger partial charge in [0.25, 0.3) is 0 Å². The van der Waals surface area contributed by atoms with Crippen LogP contribution in [0.25, 0.3) is 10.9 Å². The largest absolute Gasteiger partial charge is 0.346 e. The maximum absolute atomic E-state index is 11.8. The molecule has 3 aromatic rings. The average Bonchev–Trinajstić information content (AvgIpc) is 2.93. The highest BCUT2D eigenvalue weighted by atomic mass is 35.5. The molecular weight excluding hydrogens is 298 g/mol. The average molecular weight is 314 g/mol. The monoisotopic (exact) mass is 313 g/mol. The number of anilines is 1. The zero-order chi connectivity index (χ0) is 15.4. The highest BCUT2D eigenvalue weighted by molar-refractivity contribution is 6.30. The first-order valence-corrected chi connectivity index (χ1v) is 7.44. The second-order valence-electron chi connectivity index (χ2n) is 4.96. The van der Waals surface area contributed by atoms with Gasteiger partial charge >= 0.3 is 6.03 Å². The molecule has 0 aliphatic carbocycles. The van der Waals surface area contributed by atoms with Crippen LogP contribution in [0.2, 0.25) is 5.02 Å². The highest BCUT2D eigenvalue weighted by Gasteiger charge is 2.03. The summed E-state index contributed by atoms with van der Waals surface area (Å²) < 4.78 is 2.12. The number of nitrogens with zero attached hydrogens (tertiary/aromatic N) is 1. The molecule has 0 saturated heterocycles. The van der Waals surface area contributed by atoms with Gasteiger partial charge in [0, 0.05) is 35.5 Å². The molecule has 0 aliphatic heterocycles. The number of fused-ring (bicyclic) bond motifs is 1. The molecule has 1 aromatic heterocycles. The first-order chi connectivity index (χ1) is 10.7. The summed E-state index contributed by atoms with van der Waals surface area (Å²) in [6.07, 6.45) is 2.03. The number of rotatable bonds is 4. The van der Waals surface area contributed by atoms with Crippen molar-refractivity contribution in [3.05, 3.63) is 65.8 Å². The maximum Gasteiger partial charge on any atom is 0.319 e. The van der Waals surface area contributed by atoms with Gasteiger partial charge in [-0.1, -0.05) is 29.8 Å². The molecule has 22 heavy (non-hydrogen) atoms. The van der Waals surface area contributed by atoms with Crippen molar-refractivity contribution in [3.63, 3.8) is 0 Å². The Morgan fingerprint density at radius 3 is 2.64 bits per heavy atom. The van der Waals surface area contributed by atoms with E-state index in [-0.39, 0.29) is 6.03 Å². The van der Waals surface area contributed by atoms with Crippen LogP contribution in [0.5, 0.6) is 0 Å². The minimum atomic E-state index is -0.223. The molecule has 0 aliphatic rings. The Labute approximate surface area is 133 Å². The van der Waals surface area contributed by atoms with Crippen molar-refractivity contribution in [1.82, 2.24) is 9.88 Å². The van der Waals surface area contributed by atoms with Gasteiger partial charge in [0.05, 0.1) is 0 Å². The van der Waals surface area contributed by atoms with Gasteiger partial charge in [-0.3, -0.25) is 0 Å². The minimum Gasteiger partial charge on any atom is -0.346 e. The predicted octanol–water partition coefficient (Wildman–Crippen LogP) is 4.12. The maximum atomic E-state index is 11.8. The van der Waals surface area contributed by atoms with Crippen LogP contribution in [-0.2, 0) is 6.54 Å². The van der Waals surface area contributed by atoms with E-state index in [2.05, 4.69) is 33.4 Å². The summed E-state index contributed by atoms with van der Waals surface area (Å²) in [5.41, 5.74) is 1.88. The Bertz CT molecular complexity index is 780. The zero-order valence-corrected chi connectivity index (χ0v) is 12.7. The molecule has 0 radical (unpaired) electrons. The molecule has 112 valence electrons. The molecule has 4 nitrogen and oxygen atoms in total. The molecule has 2 amide bonds. The molecule has 3 rings (SSSR count). The molecule has 1 heterocycles. The Morgan fingerprint density at radius 2 is 1.82 bits per heavy atom. The lowest BCUT2D eigenvalue weighted by atomic mass is 10.2. The lowest BCUT2D eigenvalue weighted by molar-refractivity contribution is 0.251. The van der Waals surface area contributed by atoms with Gasteiger partial charge in [0.2, 0.25) is 0 Å². The third-order valence-corrected chi connectivity index (χ3v) is 3.67. The van der Waals surface area contributed by atoms with Crippen LogP contribution < -0.4 is 10.6 Å². The fourth-order valence-electron chi connectivity index (χ4n) is 2.33. The van der Waals surface area contributed by atoms with Gasteiger partial charge in [-0.2, -0.15) is 0 Å². The number of carbonyl (C=O) groups excluding carboxylic acids is 1. The molecule has 5 heteroatoms. The summed E-state index contributed by atoms with van der Waals surface area (Å²) in [5, 5.41) is 7.46. The second kappa shape index (κ2) is 6.54. The van der Waals surface area contributed by atoms with Crippen LogP contribution in [-0.4, -0.2) is 17.1 Å². The third kappa shape index (κ3) is 3.40. The van der Waals surface area contributed by atoms with Crippen LogP contribution >= 0.6 is 11.6 Å². The normalized spacial score (nSPS) is 10.6. The molecule has 0 fully saturated rings. The van der Waals surface area contributed by atoms with E-state index in [1.54, 1.807) is 24.3 Å². The summed E-state index contributed by atoms with van der Waals surface area (Å²) >= 11 is 5.81. The van der Waals surface area contributed by atoms with Gasteiger partial charge in [0.15, 0.2) is 0 Å². The standard InChI is InChI=1S/C17H16ClN3O/c18-14-5-7-15(8-6-14)20-17(22)19-10-12-21-11-9-13-3-1-2-4-16(13)21/h1-9,11H,10,12H2,(H2,19,20,22). The van der Waals surface area contributed by atoms with E-state index in [9.17, 15) is 4.79 Å². The molecule has 0 bridgehead atoms. The van der Waals surface area contributed by atoms with Crippen molar-refractivity contribution in [2.24, 2.45) is 0 Å². The Kier molecular flexibility index (Phi) is 4.30. The molecule has 2 N–H and O–H groups in total. The molecular formula is C17H16ClN3O. The number of urea groups is 1.